The molecule has 4 aliphatic rings. The Labute approximate surface area is 444 Å². The van der Waals surface area contributed by atoms with Gasteiger partial charge in [-0.2, -0.15) is 8.78 Å². The fourth-order valence-electron chi connectivity index (χ4n) is 10.00. The molecule has 5 atom stereocenters. The molecule has 8 rings (SSSR count). The number of halogens is 2. The van der Waals surface area contributed by atoms with Crippen molar-refractivity contribution in [3.63, 3.8) is 0 Å². The quantitative estimate of drug-likeness (QED) is 0.0353. The summed E-state index contributed by atoms with van der Waals surface area (Å²) in [4.78, 5) is 135. The highest BCUT2D eigenvalue weighted by Crippen LogP contribution is 2.59. The number of unbranched alkanes of at least 4 members (excludes halogenated alkanes) is 3. The van der Waals surface area contributed by atoms with Crippen molar-refractivity contribution >= 4 is 87.6 Å². The Morgan fingerprint density at radius 2 is 1.76 bits per heavy atom. The first-order valence-electron chi connectivity index (χ1n) is 25.1. The number of hydrogen-bond acceptors (Lipinski definition) is 12. The number of amides is 8. The summed E-state index contributed by atoms with van der Waals surface area (Å²) in [6, 6.07) is 5.16. The summed E-state index contributed by atoms with van der Waals surface area (Å²) >= 11 is 2.30. The van der Waals surface area contributed by atoms with E-state index in [9.17, 15) is 61.5 Å². The molecule has 4 aromatic rings. The van der Waals surface area contributed by atoms with Crippen LogP contribution in [0.1, 0.15) is 150 Å². The number of nitrogens with one attached hydrogen (secondary N) is 3. The predicted octanol–water partition coefficient (Wildman–Crippen LogP) is 5.46. The van der Waals surface area contributed by atoms with Gasteiger partial charge in [0.25, 0.3) is 11.8 Å². The maximum Gasteiger partial charge on any atom is 0.399 e. The smallest absolute Gasteiger partial charge is 0.370 e. The molecule has 2 unspecified atom stereocenters. The summed E-state index contributed by atoms with van der Waals surface area (Å²) in [6.07, 6.45) is 5.59. The van der Waals surface area contributed by atoms with Crippen LogP contribution in [0.5, 0.6) is 0 Å². The second-order valence-corrected chi connectivity index (χ2v) is 24.4. The molecule has 7 N–H and O–H groups in total. The van der Waals surface area contributed by atoms with E-state index in [0.29, 0.717) is 64.9 Å². The van der Waals surface area contributed by atoms with E-state index in [2.05, 4.69) is 32.8 Å². The van der Waals surface area contributed by atoms with Crippen LogP contribution in [0.2, 0.25) is 0 Å². The molecule has 24 heteroatoms. The third-order valence-electron chi connectivity index (χ3n) is 14.2. The highest BCUT2D eigenvalue weighted by molar-refractivity contribution is 7.52. The topological polar surface area (TPSA) is 279 Å². The second kappa shape index (κ2) is 22.6. The van der Waals surface area contributed by atoms with Crippen molar-refractivity contribution in [3.8, 4) is 11.8 Å². The lowest BCUT2D eigenvalue weighted by Gasteiger charge is -2.39. The highest BCUT2D eigenvalue weighted by atomic mass is 32.1. The molecule has 2 aromatic heterocycles. The molecule has 0 aliphatic carbocycles. The maximum absolute atomic E-state index is 14.9. The zero-order valence-corrected chi connectivity index (χ0v) is 44.6. The van der Waals surface area contributed by atoms with Crippen molar-refractivity contribution in [2.24, 2.45) is 5.73 Å². The van der Waals surface area contributed by atoms with Crippen LogP contribution >= 0.6 is 30.3 Å². The van der Waals surface area contributed by atoms with E-state index in [1.807, 2.05) is 26.8 Å². The lowest BCUT2D eigenvalue weighted by atomic mass is 9.96. The van der Waals surface area contributed by atoms with Crippen molar-refractivity contribution in [2.45, 2.75) is 146 Å². The van der Waals surface area contributed by atoms with Gasteiger partial charge >= 0.3 is 13.3 Å². The number of nitrogens with zero attached hydrogens (tertiary/aromatic N) is 4. The van der Waals surface area contributed by atoms with Gasteiger partial charge in [-0.05, 0) is 91.6 Å². The van der Waals surface area contributed by atoms with E-state index < -0.39 is 78.6 Å². The van der Waals surface area contributed by atoms with Gasteiger partial charge in [-0.3, -0.25) is 48.2 Å². The minimum Gasteiger partial charge on any atom is -0.370 e. The molecule has 0 saturated carbocycles. The van der Waals surface area contributed by atoms with Crippen LogP contribution in [0, 0.1) is 11.8 Å². The third kappa shape index (κ3) is 12.2. The largest absolute Gasteiger partial charge is 0.399 e. The molecular weight excluding hydrogens is 1050 g/mol. The van der Waals surface area contributed by atoms with Gasteiger partial charge in [0.15, 0.2) is 0 Å². The summed E-state index contributed by atoms with van der Waals surface area (Å²) < 4.78 is 41.3. The molecule has 2 aromatic carbocycles. The predicted molar refractivity (Wildman–Crippen MR) is 276 cm³/mol. The normalized spacial score (nSPS) is 20.5. The van der Waals surface area contributed by atoms with E-state index in [1.165, 1.54) is 38.2 Å². The number of nitrogens with two attached hydrogens (primary N) is 1. The van der Waals surface area contributed by atoms with Gasteiger partial charge < -0.3 is 40.9 Å². The number of alkyl halides is 2. The van der Waals surface area contributed by atoms with E-state index >= 15 is 0 Å². The molecule has 19 nitrogen and oxygen atoms in total. The van der Waals surface area contributed by atoms with Gasteiger partial charge in [0.2, 0.25) is 35.4 Å². The van der Waals surface area contributed by atoms with E-state index in [0.717, 1.165) is 28.3 Å². The Morgan fingerprint density at radius 1 is 0.987 bits per heavy atom. The Morgan fingerprint density at radius 3 is 2.47 bits per heavy atom. The van der Waals surface area contributed by atoms with Crippen LogP contribution in [0.15, 0.2) is 48.7 Å². The van der Waals surface area contributed by atoms with Gasteiger partial charge in [-0.15, -0.1) is 22.7 Å². The Hall–Kier alpha value is -6.44. The zero-order chi connectivity index (χ0) is 54.9. The van der Waals surface area contributed by atoms with Crippen LogP contribution < -0.4 is 21.7 Å². The maximum atomic E-state index is 14.9. The molecule has 4 aliphatic heterocycles. The molecule has 8 amide bonds. The molecule has 6 heterocycles. The third-order valence-corrected chi connectivity index (χ3v) is 17.8. The van der Waals surface area contributed by atoms with E-state index in [-0.39, 0.29) is 91.6 Å². The van der Waals surface area contributed by atoms with Gasteiger partial charge in [0.1, 0.15) is 23.1 Å². The lowest BCUT2D eigenvalue weighted by Crippen LogP contribution is -2.61. The number of carbonyl (C=O) groups is 8. The van der Waals surface area contributed by atoms with Crippen LogP contribution in [-0.2, 0) is 51.0 Å². The van der Waals surface area contributed by atoms with Gasteiger partial charge in [0, 0.05) is 83.8 Å². The molecule has 3 fully saturated rings. The van der Waals surface area contributed by atoms with Crippen LogP contribution in [0.4, 0.5) is 8.78 Å². The number of thiophene rings is 1. The van der Waals surface area contributed by atoms with Gasteiger partial charge in [0.05, 0.1) is 10.9 Å². The number of benzene rings is 2. The number of imide groups is 1. The minimum absolute atomic E-state index is 0.00977. The highest BCUT2D eigenvalue weighted by Gasteiger charge is 2.51. The average Bonchev–Trinajstić information content (AvgIpc) is 4.21. The summed E-state index contributed by atoms with van der Waals surface area (Å²) in [5.74, 6) is 2.44. The number of hydrogen-bond donors (Lipinski definition) is 6. The van der Waals surface area contributed by atoms with Crippen molar-refractivity contribution in [3.05, 3.63) is 85.7 Å². The van der Waals surface area contributed by atoms with Crippen LogP contribution in [-0.4, -0.2) is 114 Å². The first kappa shape index (κ1) is 55.8. The summed E-state index contributed by atoms with van der Waals surface area (Å²) in [5.41, 5.74) is 1.68. The Bertz CT molecular complexity index is 3100. The van der Waals surface area contributed by atoms with Crippen molar-refractivity contribution in [1.82, 2.24) is 35.6 Å². The Kier molecular flexibility index (Phi) is 16.6. The lowest BCUT2D eigenvalue weighted by molar-refractivity contribution is -0.145. The van der Waals surface area contributed by atoms with Crippen LogP contribution in [0.25, 0.3) is 10.1 Å². The minimum atomic E-state index is -5.89. The number of thiazole rings is 1. The fourth-order valence-corrected chi connectivity index (χ4v) is 12.5. The van der Waals surface area contributed by atoms with Gasteiger partial charge in [-0.1, -0.05) is 51.2 Å². The average molecular weight is 1110 g/mol. The second-order valence-electron chi connectivity index (χ2n) is 20.6. The number of carbonyl (C=O) groups excluding carboxylic acids is 8. The monoisotopic (exact) mass is 1100 g/mol. The van der Waals surface area contributed by atoms with Crippen molar-refractivity contribution in [2.75, 3.05) is 13.1 Å². The standard InChI is InChI=1S/C52H59F2N8O11PS2/c1-51(2,3)41-26-56-48(76-41)35(16-20-42(55)63)57-46(67)38-17-15-32-22-23-60(28-36(50(70)62(32)38)58-47(68)40-25-30-24-31(14-19-39(30)75-40)52(53,54)74(71,72)73)44(65)13-8-6-4-5-7-10-29-11-9-12-33-34(29)27-61(49(33)69)37-18-21-43(64)59-45(37)66/h9,11-12,14,19,24-26,32,35-38H,4-6,8,13,15-18,20-23,27-28H2,1-3H3,(H2,55,63)(H,57,67)(H,58,68)(H,59,64,66)(H2,71,72,73)/t32-,35?,36+,37?,38+/m1/s1. The molecular formula is C52H59F2N8O11PS2. The van der Waals surface area contributed by atoms with Crippen molar-refractivity contribution < 1.29 is 61.5 Å². The molecule has 76 heavy (non-hydrogen) atoms. The Balaban J connectivity index is 0.950. The number of primary amides is 1. The number of fused-ring (bicyclic) bond motifs is 3. The molecule has 0 radical (unpaired) electrons. The van der Waals surface area contributed by atoms with Crippen molar-refractivity contribution in [1.29, 1.82) is 0 Å². The summed E-state index contributed by atoms with van der Waals surface area (Å²) in [6.45, 7) is 6.21. The molecule has 404 valence electrons. The number of aromatic nitrogens is 1. The van der Waals surface area contributed by atoms with E-state index in [1.54, 1.807) is 18.3 Å². The zero-order valence-electron chi connectivity index (χ0n) is 42.1. The molecule has 3 saturated heterocycles. The first-order valence-corrected chi connectivity index (χ1v) is 28.3. The SMILES string of the molecule is CC(C)(C)c1cnc(C(CCC(N)=O)NC(=O)[C@@H]2CC[C@@H]3CCN(C(=O)CCCCCC#Cc4cccc5c4CN(C4CCC(=O)NC4=O)C5=O)C[C@H](NC(=O)c4cc5cc(C(F)(F)P(=O)(O)O)ccc5s4)C(=O)N32)s1. The fraction of sp³-hybridized carbons (Fsp3) is 0.481. The first-order chi connectivity index (χ1) is 35.9. The van der Waals surface area contributed by atoms with E-state index in [4.69, 9.17) is 5.73 Å². The summed E-state index contributed by atoms with van der Waals surface area (Å²) in [7, 11) is -5.89. The van der Waals surface area contributed by atoms with Gasteiger partial charge in [-0.25, -0.2) is 4.98 Å². The number of piperidine rings is 1. The number of rotatable bonds is 16. The molecule has 0 bridgehead atoms. The summed E-state index contributed by atoms with van der Waals surface area (Å²) in [5, 5.41) is 8.75. The van der Waals surface area contributed by atoms with Crippen LogP contribution in [0.3, 0.4) is 0 Å². The molecule has 0 spiro atoms.